The van der Waals surface area contributed by atoms with Gasteiger partial charge in [-0.3, -0.25) is 19.0 Å². The molecule has 2 unspecified atom stereocenters. The predicted molar refractivity (Wildman–Crippen MR) is 305 cm³/mol. The fraction of sp³-hybridized carbons (Fsp3) is 0.630. The summed E-state index contributed by atoms with van der Waals surface area (Å²) in [5.74, 6) is 2.01. The van der Waals surface area contributed by atoms with Crippen LogP contribution in [0.15, 0.2) is 49.3 Å². The molecular formula is C54H78BIN14O8. The Kier molecular flexibility index (Phi) is 17.8. The summed E-state index contributed by atoms with van der Waals surface area (Å²) in [6.45, 7) is 15.0. The number of rotatable bonds is 14. The van der Waals surface area contributed by atoms with E-state index in [-0.39, 0.29) is 48.2 Å². The Morgan fingerprint density at radius 2 is 1.14 bits per heavy atom. The third kappa shape index (κ3) is 12.5. The number of amides is 2. The van der Waals surface area contributed by atoms with E-state index in [1.165, 1.54) is 0 Å². The smallest absolute Gasteiger partial charge is 0.399 e. The van der Waals surface area contributed by atoms with E-state index in [1.807, 2.05) is 68.0 Å². The molecule has 4 atom stereocenters. The summed E-state index contributed by atoms with van der Waals surface area (Å²) >= 11 is 2.19. The molecule has 78 heavy (non-hydrogen) atoms. The number of aliphatic hydroxyl groups excluding tert-OH is 2. The summed E-state index contributed by atoms with van der Waals surface area (Å²) in [7, 11) is 6.54. The minimum absolute atomic E-state index is 0.0751. The summed E-state index contributed by atoms with van der Waals surface area (Å²) in [5.41, 5.74) is 6.10. The van der Waals surface area contributed by atoms with Crippen molar-refractivity contribution >= 4 is 69.9 Å². The van der Waals surface area contributed by atoms with E-state index in [1.54, 1.807) is 39.6 Å². The first-order chi connectivity index (χ1) is 37.2. The van der Waals surface area contributed by atoms with Crippen LogP contribution in [0.3, 0.4) is 0 Å². The van der Waals surface area contributed by atoms with Gasteiger partial charge in [0.15, 0.2) is 0 Å². The number of halogens is 1. The van der Waals surface area contributed by atoms with Gasteiger partial charge in [0.25, 0.3) is 0 Å². The van der Waals surface area contributed by atoms with E-state index in [9.17, 15) is 19.8 Å². The molecule has 0 radical (unpaired) electrons. The highest BCUT2D eigenvalue weighted by molar-refractivity contribution is 14.1. The molecule has 4 N–H and O–H groups in total. The second kappa shape index (κ2) is 24.2. The number of aromatic nitrogens is 10. The molecule has 11 rings (SSSR count). The van der Waals surface area contributed by atoms with Crippen LogP contribution in [0, 0.1) is 3.57 Å². The second-order valence-electron chi connectivity index (χ2n) is 22.8. The van der Waals surface area contributed by atoms with Crippen LogP contribution < -0.4 is 16.1 Å². The first-order valence-corrected chi connectivity index (χ1v) is 28.6. The number of nitrogens with zero attached hydrogens (tertiary/aromatic N) is 12. The van der Waals surface area contributed by atoms with E-state index in [0.717, 1.165) is 120 Å². The Labute approximate surface area is 470 Å². The van der Waals surface area contributed by atoms with Crippen LogP contribution in [0.1, 0.15) is 141 Å². The number of ether oxygens (including phenoxy) is 2. The molecule has 2 amide bonds. The minimum Gasteiger partial charge on any atom is -0.399 e. The number of anilines is 2. The van der Waals surface area contributed by atoms with Gasteiger partial charge in [-0.2, -0.15) is 10.2 Å². The molecule has 0 aromatic carbocycles. The normalized spacial score (nSPS) is 24.8. The van der Waals surface area contributed by atoms with Crippen LogP contribution in [0.5, 0.6) is 0 Å². The number of methoxy groups -OCH3 is 2. The summed E-state index contributed by atoms with van der Waals surface area (Å²) in [6, 6.07) is 4.19. The molecule has 2 saturated carbocycles. The SMILES string of the molecule is CN1CCC(n2cc(I)cn2)C1=O.COC[C@H](C)Nc1ncc2c(-c3cnn(C4CCN(C)C4=O)c3)cc(C3CCC(O)CC3)n2n1.COC[C@H](C)Nc1ncc2c(B3OC(C)(C)C(C)(C)O3)cc(C3CCC(O)CC3)n2n1. The zero-order valence-corrected chi connectivity index (χ0v) is 49.0. The molecule has 2 aliphatic carbocycles. The highest BCUT2D eigenvalue weighted by atomic mass is 127. The number of carbonyl (C=O) groups is 2. The standard InChI is InChI=1S/C24H33N7O3.C22H35BN4O4.C8H10IN3O/c1-15(14-34-3)27-24-25-12-22-19(10-21(31(22)28-24)16-4-6-18(32)7-5-16)17-11-26-30(13-17)20-8-9-29(2)23(20)33;1-14(13-29-6)25-20-24-12-19-17(23-30-21(2,3)22(4,5)31-23)11-18(27(19)26-20)15-7-9-16(28)10-8-15;1-11-3-2-7(8(11)13)12-5-6(9)4-10-12/h10-13,15-16,18,20,32H,4-9,14H2,1-3H3,(H,27,28);11-12,14-16,28H,7-10,13H2,1-6H3,(H,25,26);4-5,7H,2-3H2,1H3/t15-,16?,18?,20?;14-,15?,16?;/m00./s1. The zero-order valence-electron chi connectivity index (χ0n) is 46.8. The van der Waals surface area contributed by atoms with Crippen molar-refractivity contribution in [2.45, 2.75) is 165 Å². The monoisotopic (exact) mass is 1190 g/mol. The van der Waals surface area contributed by atoms with E-state index in [2.05, 4.69) is 93.2 Å². The summed E-state index contributed by atoms with van der Waals surface area (Å²) in [6.07, 6.45) is 19.3. The van der Waals surface area contributed by atoms with Gasteiger partial charge in [-0.1, -0.05) is 0 Å². The van der Waals surface area contributed by atoms with Crippen LogP contribution in [-0.4, -0.2) is 178 Å². The average Bonchev–Trinajstić information content (AvgIpc) is 4.41. The van der Waals surface area contributed by atoms with Gasteiger partial charge in [-0.25, -0.2) is 19.0 Å². The van der Waals surface area contributed by atoms with Gasteiger partial charge < -0.3 is 49.4 Å². The molecule has 6 aromatic heterocycles. The van der Waals surface area contributed by atoms with Gasteiger partial charge in [0.05, 0.1) is 76.0 Å². The van der Waals surface area contributed by atoms with Crippen LogP contribution in [0.4, 0.5) is 11.9 Å². The van der Waals surface area contributed by atoms with Gasteiger partial charge in [0.1, 0.15) is 12.1 Å². The second-order valence-corrected chi connectivity index (χ2v) is 24.1. The number of likely N-dealkylation sites (N-methyl/N-ethyl adjacent to an activating group) is 2. The minimum atomic E-state index is -0.474. The third-order valence-electron chi connectivity index (χ3n) is 16.4. The molecule has 422 valence electrons. The molecule has 3 aliphatic heterocycles. The maximum absolute atomic E-state index is 12.5. The van der Waals surface area contributed by atoms with Crippen molar-refractivity contribution in [2.75, 3.05) is 65.3 Å². The molecule has 0 spiro atoms. The van der Waals surface area contributed by atoms with E-state index >= 15 is 0 Å². The van der Waals surface area contributed by atoms with Crippen molar-refractivity contribution in [3.63, 3.8) is 0 Å². The van der Waals surface area contributed by atoms with Crippen LogP contribution >= 0.6 is 22.6 Å². The topological polar surface area (TPSA) is 238 Å². The lowest BCUT2D eigenvalue weighted by atomic mass is 9.78. The van der Waals surface area contributed by atoms with Crippen molar-refractivity contribution in [1.82, 2.24) is 58.6 Å². The van der Waals surface area contributed by atoms with Crippen molar-refractivity contribution in [1.29, 1.82) is 0 Å². The van der Waals surface area contributed by atoms with Crippen LogP contribution in [0.25, 0.3) is 22.2 Å². The molecule has 22 nitrogen and oxygen atoms in total. The maximum Gasteiger partial charge on any atom is 0.497 e. The van der Waals surface area contributed by atoms with Crippen molar-refractivity contribution in [3.8, 4) is 11.1 Å². The lowest BCUT2D eigenvalue weighted by Crippen LogP contribution is -2.41. The molecule has 9 heterocycles. The Morgan fingerprint density at radius 3 is 1.60 bits per heavy atom. The first-order valence-electron chi connectivity index (χ1n) is 27.5. The molecule has 0 bridgehead atoms. The largest absolute Gasteiger partial charge is 0.497 e. The highest BCUT2D eigenvalue weighted by Gasteiger charge is 2.53. The van der Waals surface area contributed by atoms with Gasteiger partial charge >= 0.3 is 7.12 Å². The fourth-order valence-electron chi connectivity index (χ4n) is 11.2. The molecule has 3 saturated heterocycles. The maximum atomic E-state index is 12.5. The zero-order chi connectivity index (χ0) is 55.6. The molecular weight excluding hydrogens is 1110 g/mol. The third-order valence-corrected chi connectivity index (χ3v) is 16.9. The first kappa shape index (κ1) is 57.4. The highest BCUT2D eigenvalue weighted by Crippen LogP contribution is 2.40. The molecule has 5 aliphatic rings. The Balaban J connectivity index is 0.000000155. The van der Waals surface area contributed by atoms with Crippen LogP contribution in [0.2, 0.25) is 0 Å². The Bertz CT molecular complexity index is 3000. The van der Waals surface area contributed by atoms with Gasteiger partial charge in [0.2, 0.25) is 23.7 Å². The lowest BCUT2D eigenvalue weighted by Gasteiger charge is -2.32. The summed E-state index contributed by atoms with van der Waals surface area (Å²) in [5, 5.41) is 44.9. The van der Waals surface area contributed by atoms with Gasteiger partial charge in [-0.05, 0) is 140 Å². The number of likely N-dealkylation sites (tertiary alicyclic amines) is 2. The van der Waals surface area contributed by atoms with Crippen LogP contribution in [-0.2, 0) is 28.4 Å². The number of hydrogen-bond acceptors (Lipinski definition) is 16. The van der Waals surface area contributed by atoms with Gasteiger partial charge in [0, 0.05) is 106 Å². The number of aliphatic hydroxyl groups is 2. The molecule has 24 heteroatoms. The van der Waals surface area contributed by atoms with Gasteiger partial charge in [-0.15, -0.1) is 10.2 Å². The van der Waals surface area contributed by atoms with Crippen molar-refractivity contribution in [2.24, 2.45) is 0 Å². The lowest BCUT2D eigenvalue weighted by molar-refractivity contribution is -0.130. The summed E-state index contributed by atoms with van der Waals surface area (Å²) in [4.78, 5) is 36.7. The van der Waals surface area contributed by atoms with E-state index < -0.39 is 18.3 Å². The van der Waals surface area contributed by atoms with E-state index in [4.69, 9.17) is 29.0 Å². The van der Waals surface area contributed by atoms with E-state index in [0.29, 0.717) is 36.9 Å². The summed E-state index contributed by atoms with van der Waals surface area (Å²) < 4.78 is 31.7. The Hall–Kier alpha value is -5.25. The van der Waals surface area contributed by atoms with Crippen molar-refractivity contribution in [3.05, 3.63) is 64.3 Å². The molecule has 5 fully saturated rings. The predicted octanol–water partition coefficient (Wildman–Crippen LogP) is 5.85. The number of hydrogen-bond donors (Lipinski definition) is 4. The quantitative estimate of drug-likeness (QED) is 0.0740. The van der Waals surface area contributed by atoms with Crippen molar-refractivity contribution < 1.29 is 38.6 Å². The number of nitrogens with one attached hydrogen (secondary N) is 2. The number of carbonyl (C=O) groups excluding carboxylic acids is 2. The Morgan fingerprint density at radius 1 is 0.679 bits per heavy atom. The number of fused-ring (bicyclic) bond motifs is 2. The molecule has 6 aromatic rings. The average molecular weight is 1190 g/mol. The fourth-order valence-corrected chi connectivity index (χ4v) is 11.6.